The van der Waals surface area contributed by atoms with Gasteiger partial charge in [-0.15, -0.1) is 0 Å². The largest absolute Gasteiger partial charge is 0.481 e. The molecular weight excluding hydrogens is 273 g/mol. The van der Waals surface area contributed by atoms with Crippen LogP contribution in [0.5, 0.6) is 0 Å². The number of hydrogen-bond acceptors (Lipinski definition) is 2. The number of hydrogen-bond donors (Lipinski definition) is 1. The lowest BCUT2D eigenvalue weighted by molar-refractivity contribution is -0.137. The van der Waals surface area contributed by atoms with Gasteiger partial charge in [0.1, 0.15) is 5.82 Å². The van der Waals surface area contributed by atoms with Crippen LogP contribution >= 0.6 is 0 Å². The summed E-state index contributed by atoms with van der Waals surface area (Å²) in [6.45, 7) is 0.994. The summed E-state index contributed by atoms with van der Waals surface area (Å²) in [4.78, 5) is 24.2. The van der Waals surface area contributed by atoms with E-state index in [2.05, 4.69) is 0 Å². The van der Waals surface area contributed by atoms with Crippen LogP contribution in [0, 0.1) is 5.82 Å². The Kier molecular flexibility index (Phi) is 5.09. The molecule has 0 saturated heterocycles. The normalized spacial score (nSPS) is 14.4. The van der Waals surface area contributed by atoms with E-state index < -0.39 is 5.97 Å². The van der Waals surface area contributed by atoms with Crippen LogP contribution in [0.1, 0.15) is 24.8 Å². The first-order chi connectivity index (χ1) is 10.1. The number of rotatable bonds is 7. The van der Waals surface area contributed by atoms with Gasteiger partial charge in [-0.25, -0.2) is 4.39 Å². The monoisotopic (exact) mass is 291 g/mol. The maximum atomic E-state index is 13.5. The lowest BCUT2D eigenvalue weighted by atomic mass is 10.1. The van der Waals surface area contributed by atoms with Crippen LogP contribution in [-0.2, 0) is 16.0 Å². The smallest absolute Gasteiger partial charge is 0.303 e. The highest BCUT2D eigenvalue weighted by Gasteiger charge is 2.23. The van der Waals surface area contributed by atoms with Crippen molar-refractivity contribution in [1.82, 2.24) is 4.90 Å². The predicted molar refractivity (Wildman–Crippen MR) is 76.3 cm³/mol. The molecule has 1 amide bonds. The molecule has 0 aliphatic carbocycles. The van der Waals surface area contributed by atoms with Gasteiger partial charge in [0.25, 0.3) is 0 Å². The summed E-state index contributed by atoms with van der Waals surface area (Å²) in [7, 11) is 0. The third-order valence-corrected chi connectivity index (χ3v) is 3.57. The fourth-order valence-electron chi connectivity index (χ4n) is 2.38. The third-order valence-electron chi connectivity index (χ3n) is 3.57. The van der Waals surface area contributed by atoms with Crippen LogP contribution in [0.25, 0.3) is 0 Å². The second-order valence-corrected chi connectivity index (χ2v) is 5.07. The first-order valence-corrected chi connectivity index (χ1v) is 7.01. The summed E-state index contributed by atoms with van der Waals surface area (Å²) in [6.07, 6.45) is 3.34. The van der Waals surface area contributed by atoms with Crippen molar-refractivity contribution in [1.29, 1.82) is 0 Å². The van der Waals surface area contributed by atoms with Gasteiger partial charge in [-0.1, -0.05) is 24.3 Å². The minimum absolute atomic E-state index is 0.0586. The van der Waals surface area contributed by atoms with E-state index in [1.165, 1.54) is 6.07 Å². The highest BCUT2D eigenvalue weighted by atomic mass is 19.1. The Morgan fingerprint density at radius 1 is 1.29 bits per heavy atom. The molecule has 1 aliphatic rings. The molecule has 0 saturated carbocycles. The summed E-state index contributed by atoms with van der Waals surface area (Å²) in [5, 5.41) is 8.59. The van der Waals surface area contributed by atoms with E-state index >= 15 is 0 Å². The van der Waals surface area contributed by atoms with Crippen molar-refractivity contribution in [3.05, 3.63) is 47.3 Å². The molecular formula is C16H18FNO3. The Morgan fingerprint density at radius 2 is 2.05 bits per heavy atom. The minimum Gasteiger partial charge on any atom is -0.481 e. The number of halogens is 1. The van der Waals surface area contributed by atoms with E-state index in [9.17, 15) is 14.0 Å². The van der Waals surface area contributed by atoms with Crippen LogP contribution < -0.4 is 0 Å². The molecule has 0 bridgehead atoms. The predicted octanol–water partition coefficient (Wildman–Crippen LogP) is 2.39. The van der Waals surface area contributed by atoms with E-state index in [1.807, 2.05) is 6.08 Å². The average Bonchev–Trinajstić information content (AvgIpc) is 2.79. The zero-order valence-corrected chi connectivity index (χ0v) is 11.7. The molecule has 0 fully saturated rings. The van der Waals surface area contributed by atoms with Crippen molar-refractivity contribution in [2.45, 2.75) is 25.7 Å². The van der Waals surface area contributed by atoms with Crippen molar-refractivity contribution in [2.24, 2.45) is 0 Å². The Balaban J connectivity index is 1.81. The molecule has 4 nitrogen and oxygen atoms in total. The number of carbonyl (C=O) groups excluding carboxylic acids is 1. The summed E-state index contributed by atoms with van der Waals surface area (Å²) in [6, 6.07) is 6.55. The number of carbonyl (C=O) groups is 2. The molecule has 0 unspecified atom stereocenters. The van der Waals surface area contributed by atoms with Crippen LogP contribution in [0.2, 0.25) is 0 Å². The van der Waals surface area contributed by atoms with Gasteiger partial charge in [0, 0.05) is 25.1 Å². The molecule has 112 valence electrons. The summed E-state index contributed by atoms with van der Waals surface area (Å²) in [5.74, 6) is -1.16. The molecule has 21 heavy (non-hydrogen) atoms. The number of amides is 1. The first kappa shape index (κ1) is 15.2. The number of aliphatic carboxylic acids is 1. The fraction of sp³-hybridized carbons (Fsp3) is 0.375. The standard InChI is InChI=1S/C16H18FNO3/c17-14-6-2-1-4-12(14)8-10-18-11-9-13(16(18)21)5-3-7-15(19)20/h1-2,4,6,9H,3,5,7-8,10-11H2,(H,19,20). The van der Waals surface area contributed by atoms with Gasteiger partial charge in [0.05, 0.1) is 0 Å². The van der Waals surface area contributed by atoms with Crippen molar-refractivity contribution < 1.29 is 19.1 Å². The zero-order valence-electron chi connectivity index (χ0n) is 11.7. The molecule has 1 aromatic carbocycles. The number of carboxylic acids is 1. The van der Waals surface area contributed by atoms with Crippen molar-refractivity contribution in [2.75, 3.05) is 13.1 Å². The highest BCUT2D eigenvalue weighted by Crippen LogP contribution is 2.18. The molecule has 0 atom stereocenters. The van der Waals surface area contributed by atoms with E-state index in [1.54, 1.807) is 23.1 Å². The van der Waals surface area contributed by atoms with Gasteiger partial charge in [-0.3, -0.25) is 9.59 Å². The number of nitrogens with zero attached hydrogens (tertiary/aromatic N) is 1. The highest BCUT2D eigenvalue weighted by molar-refractivity contribution is 5.95. The fourth-order valence-corrected chi connectivity index (χ4v) is 2.38. The molecule has 1 aromatic rings. The van der Waals surface area contributed by atoms with E-state index in [4.69, 9.17) is 5.11 Å². The zero-order chi connectivity index (χ0) is 15.2. The van der Waals surface area contributed by atoms with Crippen LogP contribution in [0.4, 0.5) is 4.39 Å². The van der Waals surface area contributed by atoms with Gasteiger partial charge in [-0.2, -0.15) is 0 Å². The minimum atomic E-state index is -0.850. The Labute approximate surface area is 122 Å². The van der Waals surface area contributed by atoms with Crippen molar-refractivity contribution >= 4 is 11.9 Å². The lowest BCUT2D eigenvalue weighted by Gasteiger charge is -2.16. The Bertz CT molecular complexity index is 568. The summed E-state index contributed by atoms with van der Waals surface area (Å²) in [5.41, 5.74) is 1.27. The van der Waals surface area contributed by atoms with Crippen molar-refractivity contribution in [3.8, 4) is 0 Å². The second kappa shape index (κ2) is 7.02. The molecule has 1 heterocycles. The van der Waals surface area contributed by atoms with Crippen LogP contribution in [-0.4, -0.2) is 35.0 Å². The summed E-state index contributed by atoms with van der Waals surface area (Å²) < 4.78 is 13.5. The van der Waals surface area contributed by atoms with Crippen LogP contribution in [0.3, 0.4) is 0 Å². The molecule has 0 spiro atoms. The van der Waals surface area contributed by atoms with E-state index in [0.717, 1.165) is 0 Å². The average molecular weight is 291 g/mol. The maximum absolute atomic E-state index is 13.5. The topological polar surface area (TPSA) is 57.6 Å². The lowest BCUT2D eigenvalue weighted by Crippen LogP contribution is -2.29. The molecule has 5 heteroatoms. The van der Waals surface area contributed by atoms with E-state index in [0.29, 0.717) is 43.5 Å². The Morgan fingerprint density at radius 3 is 2.76 bits per heavy atom. The summed E-state index contributed by atoms with van der Waals surface area (Å²) >= 11 is 0. The molecule has 0 aromatic heterocycles. The third kappa shape index (κ3) is 4.15. The van der Waals surface area contributed by atoms with Gasteiger partial charge < -0.3 is 10.0 Å². The maximum Gasteiger partial charge on any atom is 0.303 e. The molecule has 0 radical (unpaired) electrons. The first-order valence-electron chi connectivity index (χ1n) is 7.01. The van der Waals surface area contributed by atoms with E-state index in [-0.39, 0.29) is 18.1 Å². The van der Waals surface area contributed by atoms with Gasteiger partial charge in [0.2, 0.25) is 5.91 Å². The van der Waals surface area contributed by atoms with Crippen molar-refractivity contribution in [3.63, 3.8) is 0 Å². The van der Waals surface area contributed by atoms with Gasteiger partial charge >= 0.3 is 5.97 Å². The number of carboxylic acid groups (broad SMARTS) is 1. The van der Waals surface area contributed by atoms with Crippen LogP contribution in [0.15, 0.2) is 35.9 Å². The van der Waals surface area contributed by atoms with Gasteiger partial charge in [0.15, 0.2) is 0 Å². The molecule has 2 rings (SSSR count). The number of benzene rings is 1. The SMILES string of the molecule is O=C(O)CCCC1=CCN(CCc2ccccc2F)C1=O. The van der Waals surface area contributed by atoms with Gasteiger partial charge in [-0.05, 0) is 30.9 Å². The quantitative estimate of drug-likeness (QED) is 0.839. The molecule has 1 N–H and O–H groups in total. The molecule has 1 aliphatic heterocycles. The Hall–Kier alpha value is -2.17. The second-order valence-electron chi connectivity index (χ2n) is 5.07.